The molecule has 0 saturated carbocycles. The average Bonchev–Trinajstić information content (AvgIpc) is 2.21. The number of alkyl halides is 2. The Kier molecular flexibility index (Phi) is 5.25. The van der Waals surface area contributed by atoms with Gasteiger partial charge in [0.1, 0.15) is 12.4 Å². The van der Waals surface area contributed by atoms with Crippen molar-refractivity contribution in [1.82, 2.24) is 0 Å². The van der Waals surface area contributed by atoms with Gasteiger partial charge in [-0.1, -0.05) is 12.1 Å². The predicted molar refractivity (Wildman–Crippen MR) is 57.3 cm³/mol. The summed E-state index contributed by atoms with van der Waals surface area (Å²) in [4.78, 5) is 0. The Morgan fingerprint density at radius 3 is 2.44 bits per heavy atom. The van der Waals surface area contributed by atoms with Gasteiger partial charge in [-0.25, -0.2) is 13.2 Å². The molecule has 0 spiro atoms. The highest BCUT2D eigenvalue weighted by Crippen LogP contribution is 2.29. The van der Waals surface area contributed by atoms with Gasteiger partial charge in [0.15, 0.2) is 0 Å². The molecule has 1 aromatic rings. The third-order valence-corrected chi connectivity index (χ3v) is 2.22. The van der Waals surface area contributed by atoms with Crippen LogP contribution in [0.5, 0.6) is 0 Å². The average molecular weight is 256 g/mol. The Hall–Kier alpha value is -0.780. The zero-order valence-corrected chi connectivity index (χ0v) is 9.40. The normalized spacial score (nSPS) is 13.1. The molecule has 1 rings (SSSR count). The lowest BCUT2D eigenvalue weighted by atomic mass is 10.0. The van der Waals surface area contributed by atoms with Crippen LogP contribution in [0.25, 0.3) is 0 Å². The summed E-state index contributed by atoms with van der Waals surface area (Å²) in [6.07, 6.45) is 0. The van der Waals surface area contributed by atoms with E-state index in [1.54, 1.807) is 0 Å². The van der Waals surface area contributed by atoms with Gasteiger partial charge < -0.3 is 10.8 Å². The summed E-state index contributed by atoms with van der Waals surface area (Å²) in [5, 5.41) is 8.43. The first kappa shape index (κ1) is 15.2. The summed E-state index contributed by atoms with van der Waals surface area (Å²) < 4.78 is 39.0. The molecule has 1 atom stereocenters. The molecule has 0 saturated heterocycles. The van der Waals surface area contributed by atoms with Gasteiger partial charge in [-0.05, 0) is 24.1 Å². The zero-order chi connectivity index (χ0) is 11.6. The molecule has 92 valence electrons. The van der Waals surface area contributed by atoms with Gasteiger partial charge >= 0.3 is 0 Å². The van der Waals surface area contributed by atoms with E-state index < -0.39 is 24.4 Å². The summed E-state index contributed by atoms with van der Waals surface area (Å²) in [5.41, 5.74) is 5.55. The Balaban J connectivity index is 0.00000225. The van der Waals surface area contributed by atoms with Gasteiger partial charge in [0, 0.05) is 0 Å². The lowest BCUT2D eigenvalue weighted by molar-refractivity contribution is -0.0712. The molecular formula is C10H13ClF3NO. The molecule has 3 N–H and O–H groups in total. The van der Waals surface area contributed by atoms with Gasteiger partial charge in [-0.15, -0.1) is 12.4 Å². The standard InChI is InChI=1S/C10H12F3NO.ClH/c1-6-2-3-7(4-8(6)11)9(14)10(12,13)5-15;/h2-4,9,15H,5,14H2,1H3;1H/t9-;/m1./s1. The Morgan fingerprint density at radius 1 is 1.44 bits per heavy atom. The van der Waals surface area contributed by atoms with Crippen molar-refractivity contribution in [3.05, 3.63) is 35.1 Å². The van der Waals surface area contributed by atoms with Gasteiger partial charge in [-0.2, -0.15) is 0 Å². The molecule has 6 heteroatoms. The van der Waals surface area contributed by atoms with E-state index in [0.717, 1.165) is 6.07 Å². The summed E-state index contributed by atoms with van der Waals surface area (Å²) >= 11 is 0. The molecule has 0 amide bonds. The number of benzene rings is 1. The summed E-state index contributed by atoms with van der Waals surface area (Å²) in [5.74, 6) is -4.03. The largest absolute Gasteiger partial charge is 0.390 e. The highest BCUT2D eigenvalue weighted by molar-refractivity contribution is 5.85. The molecule has 0 unspecified atom stereocenters. The van der Waals surface area contributed by atoms with Crippen molar-refractivity contribution in [2.45, 2.75) is 18.9 Å². The van der Waals surface area contributed by atoms with Crippen LogP contribution < -0.4 is 5.73 Å². The van der Waals surface area contributed by atoms with E-state index in [0.29, 0.717) is 5.56 Å². The molecule has 1 aromatic carbocycles. The second kappa shape index (κ2) is 5.52. The number of aryl methyl sites for hydroxylation is 1. The highest BCUT2D eigenvalue weighted by atomic mass is 35.5. The SMILES string of the molecule is Cc1ccc([C@@H](N)C(F)(F)CO)cc1F.Cl. The van der Waals surface area contributed by atoms with Gasteiger partial charge in [0.05, 0.1) is 6.04 Å². The molecule has 0 aliphatic heterocycles. The number of nitrogens with two attached hydrogens (primary N) is 1. The summed E-state index contributed by atoms with van der Waals surface area (Å²) in [7, 11) is 0. The maximum atomic E-state index is 13.1. The fourth-order valence-electron chi connectivity index (χ4n) is 1.14. The van der Waals surface area contributed by atoms with Crippen LogP contribution in [-0.4, -0.2) is 17.6 Å². The second-order valence-electron chi connectivity index (χ2n) is 3.41. The fourth-order valence-corrected chi connectivity index (χ4v) is 1.14. The maximum absolute atomic E-state index is 13.1. The topological polar surface area (TPSA) is 46.2 Å². The number of hydrogen-bond acceptors (Lipinski definition) is 2. The predicted octanol–water partition coefficient (Wildman–Crippen LogP) is 2.18. The minimum absolute atomic E-state index is 0. The van der Waals surface area contributed by atoms with Crippen molar-refractivity contribution in [2.24, 2.45) is 5.73 Å². The second-order valence-corrected chi connectivity index (χ2v) is 3.41. The third kappa shape index (κ3) is 3.10. The van der Waals surface area contributed by atoms with E-state index in [4.69, 9.17) is 10.8 Å². The van der Waals surface area contributed by atoms with E-state index >= 15 is 0 Å². The molecule has 0 radical (unpaired) electrons. The van der Waals surface area contributed by atoms with Crippen LogP contribution in [-0.2, 0) is 0 Å². The fraction of sp³-hybridized carbons (Fsp3) is 0.400. The summed E-state index contributed by atoms with van der Waals surface area (Å²) in [6.45, 7) is 0.165. The Labute approximate surface area is 97.7 Å². The number of aliphatic hydroxyl groups is 1. The van der Waals surface area contributed by atoms with Gasteiger partial charge in [0.25, 0.3) is 5.92 Å². The molecule has 0 aromatic heterocycles. The molecule has 0 bridgehead atoms. The molecule has 0 aliphatic rings. The molecule has 2 nitrogen and oxygen atoms in total. The van der Waals surface area contributed by atoms with Gasteiger partial charge in [0.2, 0.25) is 0 Å². The first-order chi connectivity index (χ1) is 6.88. The first-order valence-electron chi connectivity index (χ1n) is 4.39. The first-order valence-corrected chi connectivity index (χ1v) is 4.39. The molecule has 0 aliphatic carbocycles. The van der Waals surface area contributed by atoms with Crippen LogP contribution in [0.15, 0.2) is 18.2 Å². The van der Waals surface area contributed by atoms with E-state index in [2.05, 4.69) is 0 Å². The number of halogens is 4. The van der Waals surface area contributed by atoms with Crippen molar-refractivity contribution in [3.63, 3.8) is 0 Å². The van der Waals surface area contributed by atoms with E-state index in [1.807, 2.05) is 0 Å². The lowest BCUT2D eigenvalue weighted by Gasteiger charge is -2.21. The van der Waals surface area contributed by atoms with E-state index in [-0.39, 0.29) is 18.0 Å². The van der Waals surface area contributed by atoms with E-state index in [1.165, 1.54) is 19.1 Å². The number of aliphatic hydroxyl groups excluding tert-OH is 1. The van der Waals surface area contributed by atoms with Crippen LogP contribution in [0.2, 0.25) is 0 Å². The van der Waals surface area contributed by atoms with Crippen molar-refractivity contribution >= 4 is 12.4 Å². The number of hydrogen-bond donors (Lipinski definition) is 2. The highest BCUT2D eigenvalue weighted by Gasteiger charge is 2.37. The molecule has 0 fully saturated rings. The Bertz CT molecular complexity index is 360. The lowest BCUT2D eigenvalue weighted by Crippen LogP contribution is -2.36. The third-order valence-electron chi connectivity index (χ3n) is 2.22. The van der Waals surface area contributed by atoms with E-state index in [9.17, 15) is 13.2 Å². The van der Waals surface area contributed by atoms with Crippen molar-refractivity contribution in [2.75, 3.05) is 6.61 Å². The van der Waals surface area contributed by atoms with Crippen LogP contribution in [0.4, 0.5) is 13.2 Å². The van der Waals surface area contributed by atoms with Crippen LogP contribution >= 0.6 is 12.4 Å². The summed E-state index contributed by atoms with van der Waals surface area (Å²) in [6, 6.07) is 1.96. The monoisotopic (exact) mass is 255 g/mol. The van der Waals surface area contributed by atoms with Crippen LogP contribution in [0.1, 0.15) is 17.2 Å². The molecule has 0 heterocycles. The van der Waals surface area contributed by atoms with Crippen molar-refractivity contribution in [3.8, 4) is 0 Å². The Morgan fingerprint density at radius 2 is 2.00 bits per heavy atom. The maximum Gasteiger partial charge on any atom is 0.289 e. The van der Waals surface area contributed by atoms with Crippen LogP contribution in [0, 0.1) is 12.7 Å². The molecule has 16 heavy (non-hydrogen) atoms. The quantitative estimate of drug-likeness (QED) is 0.870. The number of rotatable bonds is 3. The minimum Gasteiger partial charge on any atom is -0.390 e. The minimum atomic E-state index is -3.44. The smallest absolute Gasteiger partial charge is 0.289 e. The zero-order valence-electron chi connectivity index (χ0n) is 8.58. The van der Waals surface area contributed by atoms with Crippen molar-refractivity contribution < 1.29 is 18.3 Å². The van der Waals surface area contributed by atoms with Gasteiger partial charge in [-0.3, -0.25) is 0 Å². The van der Waals surface area contributed by atoms with Crippen LogP contribution in [0.3, 0.4) is 0 Å². The van der Waals surface area contributed by atoms with Crippen molar-refractivity contribution in [1.29, 1.82) is 0 Å². The molecular weight excluding hydrogens is 243 g/mol.